The lowest BCUT2D eigenvalue weighted by Crippen LogP contribution is -2.36. The first-order chi connectivity index (χ1) is 10.3. The van der Waals surface area contributed by atoms with E-state index >= 15 is 0 Å². The second-order valence-corrected chi connectivity index (χ2v) is 5.08. The van der Waals surface area contributed by atoms with Crippen molar-refractivity contribution in [1.29, 1.82) is 0 Å². The molecule has 2 aromatic rings. The van der Waals surface area contributed by atoms with Gasteiger partial charge in [-0.2, -0.15) is 0 Å². The Morgan fingerprint density at radius 3 is 2.90 bits per heavy atom. The fourth-order valence-electron chi connectivity index (χ4n) is 2.62. The van der Waals surface area contributed by atoms with Crippen molar-refractivity contribution in [2.24, 2.45) is 0 Å². The number of rotatable bonds is 3. The predicted octanol–water partition coefficient (Wildman–Crippen LogP) is 0.153. The molecule has 7 heteroatoms. The lowest BCUT2D eigenvalue weighted by Gasteiger charge is -2.15. The minimum absolute atomic E-state index is 0.0663. The molecule has 1 unspecified atom stereocenters. The van der Waals surface area contributed by atoms with Crippen molar-refractivity contribution in [3.8, 4) is 11.4 Å². The molecule has 0 saturated carbocycles. The summed E-state index contributed by atoms with van der Waals surface area (Å²) in [7, 11) is 0. The molecule has 0 saturated heterocycles. The van der Waals surface area contributed by atoms with Gasteiger partial charge >= 0.3 is 0 Å². The molecule has 3 rings (SSSR count). The summed E-state index contributed by atoms with van der Waals surface area (Å²) in [5.41, 5.74) is 0.988. The van der Waals surface area contributed by atoms with Crippen LogP contribution in [0.3, 0.4) is 0 Å². The number of aliphatic hydroxyl groups is 1. The number of nitrogens with one attached hydrogen (secondary N) is 1. The first kappa shape index (κ1) is 13.7. The molecular formula is C14H17N5O2. The third-order valence-electron chi connectivity index (χ3n) is 3.69. The number of hydrogen-bond donors (Lipinski definition) is 2. The van der Waals surface area contributed by atoms with Crippen LogP contribution in [0.15, 0.2) is 24.5 Å². The highest BCUT2D eigenvalue weighted by Gasteiger charge is 2.21. The SMILES string of the molecule is O=C(CO)NC1CCc2nnc(-c3ccncc3)n2CC1. The molecule has 0 aromatic carbocycles. The molecule has 3 heterocycles. The van der Waals surface area contributed by atoms with E-state index in [0.717, 1.165) is 43.0 Å². The second kappa shape index (κ2) is 6.01. The summed E-state index contributed by atoms with van der Waals surface area (Å²) in [6.45, 7) is 0.279. The zero-order valence-electron chi connectivity index (χ0n) is 11.6. The van der Waals surface area contributed by atoms with Gasteiger partial charge in [-0.3, -0.25) is 9.78 Å². The van der Waals surface area contributed by atoms with Crippen LogP contribution < -0.4 is 5.32 Å². The molecule has 1 amide bonds. The summed E-state index contributed by atoms with van der Waals surface area (Å²) in [5, 5.41) is 20.2. The van der Waals surface area contributed by atoms with Gasteiger partial charge in [0, 0.05) is 37.0 Å². The molecule has 110 valence electrons. The van der Waals surface area contributed by atoms with Gasteiger partial charge in [-0.05, 0) is 25.0 Å². The molecule has 0 spiro atoms. The van der Waals surface area contributed by atoms with Crippen molar-refractivity contribution in [2.45, 2.75) is 31.8 Å². The van der Waals surface area contributed by atoms with Crippen LogP contribution in [0.25, 0.3) is 11.4 Å². The summed E-state index contributed by atoms with van der Waals surface area (Å²) in [6.07, 6.45) is 5.83. The molecule has 1 aliphatic heterocycles. The van der Waals surface area contributed by atoms with Gasteiger partial charge in [0.15, 0.2) is 5.82 Å². The van der Waals surface area contributed by atoms with Gasteiger partial charge in [-0.1, -0.05) is 0 Å². The average Bonchev–Trinajstić information content (AvgIpc) is 2.83. The minimum Gasteiger partial charge on any atom is -0.387 e. The van der Waals surface area contributed by atoms with Gasteiger partial charge in [0.2, 0.25) is 5.91 Å². The highest BCUT2D eigenvalue weighted by atomic mass is 16.3. The third-order valence-corrected chi connectivity index (χ3v) is 3.69. The fourth-order valence-corrected chi connectivity index (χ4v) is 2.62. The quantitative estimate of drug-likeness (QED) is 0.838. The van der Waals surface area contributed by atoms with Gasteiger partial charge in [-0.15, -0.1) is 10.2 Å². The Bertz CT molecular complexity index is 626. The summed E-state index contributed by atoms with van der Waals surface area (Å²) in [5.74, 6) is 1.44. The van der Waals surface area contributed by atoms with Crippen molar-refractivity contribution < 1.29 is 9.90 Å². The van der Waals surface area contributed by atoms with E-state index in [4.69, 9.17) is 5.11 Å². The molecule has 7 nitrogen and oxygen atoms in total. The number of amides is 1. The molecule has 1 aliphatic rings. The van der Waals surface area contributed by atoms with Crippen molar-refractivity contribution >= 4 is 5.91 Å². The van der Waals surface area contributed by atoms with E-state index in [-0.39, 0.29) is 11.9 Å². The Morgan fingerprint density at radius 1 is 1.33 bits per heavy atom. The maximum atomic E-state index is 11.3. The molecule has 1 atom stereocenters. The second-order valence-electron chi connectivity index (χ2n) is 5.08. The molecule has 21 heavy (non-hydrogen) atoms. The van der Waals surface area contributed by atoms with Crippen LogP contribution in [-0.4, -0.2) is 43.4 Å². The number of carbonyl (C=O) groups is 1. The maximum Gasteiger partial charge on any atom is 0.245 e. The highest BCUT2D eigenvalue weighted by molar-refractivity contribution is 5.77. The summed E-state index contributed by atoms with van der Waals surface area (Å²) in [6, 6.07) is 3.89. The fraction of sp³-hybridized carbons (Fsp3) is 0.429. The maximum absolute atomic E-state index is 11.3. The predicted molar refractivity (Wildman–Crippen MR) is 75.2 cm³/mol. The van der Waals surface area contributed by atoms with Crippen molar-refractivity contribution in [3.63, 3.8) is 0 Å². The highest BCUT2D eigenvalue weighted by Crippen LogP contribution is 2.22. The van der Waals surface area contributed by atoms with Crippen LogP contribution in [0.4, 0.5) is 0 Å². The topological polar surface area (TPSA) is 92.9 Å². The molecule has 0 aliphatic carbocycles. The lowest BCUT2D eigenvalue weighted by atomic mass is 10.1. The smallest absolute Gasteiger partial charge is 0.245 e. The van der Waals surface area contributed by atoms with Gasteiger partial charge < -0.3 is 15.0 Å². The van der Waals surface area contributed by atoms with E-state index in [9.17, 15) is 4.79 Å². The van der Waals surface area contributed by atoms with Crippen LogP contribution in [0, 0.1) is 0 Å². The number of carbonyl (C=O) groups excluding carboxylic acids is 1. The summed E-state index contributed by atoms with van der Waals surface area (Å²) in [4.78, 5) is 15.3. The van der Waals surface area contributed by atoms with Crippen LogP contribution in [0.1, 0.15) is 18.7 Å². The molecule has 0 bridgehead atoms. The average molecular weight is 287 g/mol. The Kier molecular flexibility index (Phi) is 3.92. The number of aliphatic hydroxyl groups excluding tert-OH is 1. The Hall–Kier alpha value is -2.28. The Morgan fingerprint density at radius 2 is 2.14 bits per heavy atom. The zero-order chi connectivity index (χ0) is 14.7. The van der Waals surface area contributed by atoms with Crippen molar-refractivity contribution in [1.82, 2.24) is 25.1 Å². The Balaban J connectivity index is 1.78. The van der Waals surface area contributed by atoms with Gasteiger partial charge in [0.1, 0.15) is 12.4 Å². The van der Waals surface area contributed by atoms with Crippen LogP contribution in [0.5, 0.6) is 0 Å². The van der Waals surface area contributed by atoms with Crippen molar-refractivity contribution in [2.75, 3.05) is 6.61 Å². The summed E-state index contributed by atoms with van der Waals surface area (Å²) >= 11 is 0. The van der Waals surface area contributed by atoms with Crippen LogP contribution in [0.2, 0.25) is 0 Å². The minimum atomic E-state index is -0.467. The largest absolute Gasteiger partial charge is 0.387 e. The van der Waals surface area contributed by atoms with Crippen LogP contribution in [-0.2, 0) is 17.8 Å². The molecule has 2 N–H and O–H groups in total. The van der Waals surface area contributed by atoms with E-state index in [1.165, 1.54) is 0 Å². The number of fused-ring (bicyclic) bond motifs is 1. The van der Waals surface area contributed by atoms with Gasteiger partial charge in [0.25, 0.3) is 0 Å². The van der Waals surface area contributed by atoms with E-state index in [2.05, 4.69) is 25.1 Å². The zero-order valence-corrected chi connectivity index (χ0v) is 11.6. The molecule has 2 aromatic heterocycles. The normalized spacial score (nSPS) is 17.9. The number of hydrogen-bond acceptors (Lipinski definition) is 5. The number of aryl methyl sites for hydroxylation is 1. The van der Waals surface area contributed by atoms with Crippen molar-refractivity contribution in [3.05, 3.63) is 30.4 Å². The summed E-state index contributed by atoms with van der Waals surface area (Å²) < 4.78 is 2.10. The molecule has 0 radical (unpaired) electrons. The van der Waals surface area contributed by atoms with Gasteiger partial charge in [-0.25, -0.2) is 0 Å². The monoisotopic (exact) mass is 287 g/mol. The molecule has 0 fully saturated rings. The standard InChI is InChI=1S/C14H17N5O2/c20-9-13(21)16-11-1-2-12-17-18-14(19(12)8-5-11)10-3-6-15-7-4-10/h3-4,6-7,11,20H,1-2,5,8-9H2,(H,16,21). The van der Waals surface area contributed by atoms with E-state index in [0.29, 0.717) is 0 Å². The first-order valence-electron chi connectivity index (χ1n) is 7.00. The number of nitrogens with zero attached hydrogens (tertiary/aromatic N) is 4. The third kappa shape index (κ3) is 2.92. The first-order valence-corrected chi connectivity index (χ1v) is 7.00. The van der Waals surface area contributed by atoms with E-state index < -0.39 is 6.61 Å². The molecular weight excluding hydrogens is 270 g/mol. The number of aromatic nitrogens is 4. The van der Waals surface area contributed by atoms with Crippen LogP contribution >= 0.6 is 0 Å². The van der Waals surface area contributed by atoms with E-state index in [1.54, 1.807) is 12.4 Å². The Labute approximate surface area is 122 Å². The number of pyridine rings is 1. The van der Waals surface area contributed by atoms with E-state index in [1.807, 2.05) is 12.1 Å². The van der Waals surface area contributed by atoms with Gasteiger partial charge in [0.05, 0.1) is 0 Å². The lowest BCUT2D eigenvalue weighted by molar-refractivity contribution is -0.124.